The molecule has 2 aliphatic carbocycles. The smallest absolute Gasteiger partial charge is 0.309 e. The average molecular weight is 334 g/mol. The van der Waals surface area contributed by atoms with Crippen LogP contribution in [0.25, 0.3) is 0 Å². The maximum atomic E-state index is 12.2. The third kappa shape index (κ3) is 4.72. The number of amides is 1. The van der Waals surface area contributed by atoms with E-state index in [2.05, 4.69) is 32.2 Å². The van der Waals surface area contributed by atoms with Crippen LogP contribution in [-0.4, -0.2) is 24.0 Å². The molecule has 5 heteroatoms. The van der Waals surface area contributed by atoms with E-state index in [-0.39, 0.29) is 35.7 Å². The summed E-state index contributed by atoms with van der Waals surface area (Å²) in [6, 6.07) is 2.17. The van der Waals surface area contributed by atoms with Gasteiger partial charge in [0.2, 0.25) is 0 Å². The minimum Gasteiger partial charge on any atom is -0.455 e. The number of nitrogens with one attached hydrogen (secondary N) is 1. The number of hydrogen-bond donors (Lipinski definition) is 1. The number of esters is 1. The summed E-state index contributed by atoms with van der Waals surface area (Å²) in [5, 5.41) is 12.0. The summed E-state index contributed by atoms with van der Waals surface area (Å²) in [7, 11) is 0. The van der Waals surface area contributed by atoms with Crippen LogP contribution in [0.15, 0.2) is 0 Å². The molecule has 0 unspecified atom stereocenters. The number of carbonyl (C=O) groups is 2. The zero-order valence-corrected chi connectivity index (χ0v) is 15.4. The Kier molecular flexibility index (Phi) is 5.57. The lowest BCUT2D eigenvalue weighted by molar-refractivity contribution is -0.154. The molecule has 0 aromatic heterocycles. The van der Waals surface area contributed by atoms with Gasteiger partial charge in [-0.2, -0.15) is 5.26 Å². The molecule has 2 aliphatic rings. The van der Waals surface area contributed by atoms with Crippen molar-refractivity contribution in [3.63, 3.8) is 0 Å². The summed E-state index contributed by atoms with van der Waals surface area (Å²) in [6.45, 7) is 8.17. The van der Waals surface area contributed by atoms with Gasteiger partial charge in [-0.3, -0.25) is 9.59 Å². The van der Waals surface area contributed by atoms with Gasteiger partial charge in [0.1, 0.15) is 5.54 Å². The van der Waals surface area contributed by atoms with Gasteiger partial charge in [0.25, 0.3) is 5.91 Å². The lowest BCUT2D eigenvalue weighted by atomic mass is 9.70. The van der Waals surface area contributed by atoms with Gasteiger partial charge >= 0.3 is 5.97 Å². The molecule has 0 radical (unpaired) electrons. The van der Waals surface area contributed by atoms with E-state index in [1.807, 2.05) is 0 Å². The fourth-order valence-electron chi connectivity index (χ4n) is 3.66. The third-order valence-electron chi connectivity index (χ3n) is 5.66. The van der Waals surface area contributed by atoms with Crippen molar-refractivity contribution in [3.8, 4) is 6.07 Å². The lowest BCUT2D eigenvalue weighted by Crippen LogP contribution is -2.48. The first-order valence-electron chi connectivity index (χ1n) is 9.04. The van der Waals surface area contributed by atoms with Crippen LogP contribution in [0.1, 0.15) is 66.2 Å². The first-order chi connectivity index (χ1) is 11.2. The molecule has 2 saturated carbocycles. The van der Waals surface area contributed by atoms with Crippen molar-refractivity contribution >= 4 is 11.9 Å². The fourth-order valence-corrected chi connectivity index (χ4v) is 3.66. The highest BCUT2D eigenvalue weighted by molar-refractivity contribution is 5.82. The molecule has 2 rings (SSSR count). The molecule has 0 aromatic carbocycles. The van der Waals surface area contributed by atoms with E-state index in [0.29, 0.717) is 5.92 Å². The Morgan fingerprint density at radius 2 is 1.58 bits per heavy atom. The summed E-state index contributed by atoms with van der Waals surface area (Å²) >= 11 is 0. The standard InChI is InChI=1S/C19H30N2O3/c1-18(2,3)14-7-5-13(6-8-14)17(23)24-11-16(22)21-19(4,12-20)15-9-10-15/h13-15H,5-11H2,1-4H3,(H,21,22)/t13?,14?,19-/m1/s1. The summed E-state index contributed by atoms with van der Waals surface area (Å²) in [4.78, 5) is 24.2. The molecule has 1 atom stereocenters. The first-order valence-corrected chi connectivity index (χ1v) is 9.04. The molecule has 0 saturated heterocycles. The molecule has 24 heavy (non-hydrogen) atoms. The Bertz CT molecular complexity index is 520. The SMILES string of the molecule is CC(C)(C)C1CCC(C(=O)OCC(=O)N[C@](C)(C#N)C2CC2)CC1. The van der Waals surface area contributed by atoms with Crippen molar-refractivity contribution in [3.05, 3.63) is 0 Å². The van der Waals surface area contributed by atoms with E-state index in [1.54, 1.807) is 6.92 Å². The van der Waals surface area contributed by atoms with Gasteiger partial charge in [0, 0.05) is 0 Å². The van der Waals surface area contributed by atoms with Crippen LogP contribution < -0.4 is 5.32 Å². The van der Waals surface area contributed by atoms with Gasteiger partial charge in [0.05, 0.1) is 12.0 Å². The number of carbonyl (C=O) groups excluding carboxylic acids is 2. The van der Waals surface area contributed by atoms with Crippen molar-refractivity contribution in [2.45, 2.75) is 71.8 Å². The number of nitrogens with zero attached hydrogens (tertiary/aromatic N) is 1. The van der Waals surface area contributed by atoms with Crippen LogP contribution >= 0.6 is 0 Å². The minimum absolute atomic E-state index is 0.0952. The Hall–Kier alpha value is -1.57. The van der Waals surface area contributed by atoms with Gasteiger partial charge in [-0.05, 0) is 62.7 Å². The second-order valence-electron chi connectivity index (χ2n) is 8.66. The van der Waals surface area contributed by atoms with Crippen LogP contribution in [0.5, 0.6) is 0 Å². The molecule has 1 N–H and O–H groups in total. The van der Waals surface area contributed by atoms with Crippen LogP contribution in [0, 0.1) is 34.5 Å². The molecule has 0 heterocycles. The second-order valence-corrected chi connectivity index (χ2v) is 8.66. The number of nitriles is 1. The normalized spacial score (nSPS) is 26.8. The highest BCUT2D eigenvalue weighted by Crippen LogP contribution is 2.40. The zero-order valence-electron chi connectivity index (χ0n) is 15.4. The predicted molar refractivity (Wildman–Crippen MR) is 90.7 cm³/mol. The fraction of sp³-hybridized carbons (Fsp3) is 0.842. The molecule has 0 aliphatic heterocycles. The maximum Gasteiger partial charge on any atom is 0.309 e. The summed E-state index contributed by atoms with van der Waals surface area (Å²) in [5.74, 6) is 0.0991. The molecule has 0 bridgehead atoms. The predicted octanol–water partition coefficient (Wildman–Crippen LogP) is 3.19. The molecule has 0 spiro atoms. The molecule has 2 fully saturated rings. The van der Waals surface area contributed by atoms with Crippen molar-refractivity contribution in [2.75, 3.05) is 6.61 Å². The Labute approximate surface area is 145 Å². The van der Waals surface area contributed by atoms with Crippen LogP contribution in [0.4, 0.5) is 0 Å². The van der Waals surface area contributed by atoms with Crippen molar-refractivity contribution in [2.24, 2.45) is 23.2 Å². The van der Waals surface area contributed by atoms with Crippen LogP contribution in [0.2, 0.25) is 0 Å². The summed E-state index contributed by atoms with van der Waals surface area (Å²) < 4.78 is 5.19. The highest BCUT2D eigenvalue weighted by atomic mass is 16.5. The minimum atomic E-state index is -0.839. The molecule has 0 aromatic rings. The molecule has 134 valence electrons. The van der Waals surface area contributed by atoms with E-state index >= 15 is 0 Å². The quantitative estimate of drug-likeness (QED) is 0.783. The van der Waals surface area contributed by atoms with Crippen molar-refractivity contribution in [1.29, 1.82) is 5.26 Å². The van der Waals surface area contributed by atoms with Gasteiger partial charge in [-0.25, -0.2) is 0 Å². The summed E-state index contributed by atoms with van der Waals surface area (Å²) in [5.41, 5.74) is -0.562. The first kappa shape index (κ1) is 18.8. The Balaban J connectivity index is 1.74. The van der Waals surface area contributed by atoms with Gasteiger partial charge in [-0.1, -0.05) is 20.8 Å². The largest absolute Gasteiger partial charge is 0.455 e. The topological polar surface area (TPSA) is 79.2 Å². The van der Waals surface area contributed by atoms with E-state index in [4.69, 9.17) is 4.74 Å². The molecule has 5 nitrogen and oxygen atoms in total. The average Bonchev–Trinajstić information content (AvgIpc) is 3.37. The van der Waals surface area contributed by atoms with E-state index in [1.165, 1.54) is 0 Å². The number of hydrogen-bond acceptors (Lipinski definition) is 4. The molecular formula is C19H30N2O3. The molecular weight excluding hydrogens is 304 g/mol. The zero-order chi connectivity index (χ0) is 18.0. The number of ether oxygens (including phenoxy) is 1. The molecule has 1 amide bonds. The van der Waals surface area contributed by atoms with Crippen LogP contribution in [0.3, 0.4) is 0 Å². The van der Waals surface area contributed by atoms with Gasteiger partial charge < -0.3 is 10.1 Å². The van der Waals surface area contributed by atoms with Crippen molar-refractivity contribution in [1.82, 2.24) is 5.32 Å². The van der Waals surface area contributed by atoms with Crippen molar-refractivity contribution < 1.29 is 14.3 Å². The maximum absolute atomic E-state index is 12.2. The number of rotatable bonds is 5. The highest BCUT2D eigenvalue weighted by Gasteiger charge is 2.43. The Morgan fingerprint density at radius 1 is 1.04 bits per heavy atom. The van der Waals surface area contributed by atoms with Gasteiger partial charge in [0.15, 0.2) is 6.61 Å². The lowest BCUT2D eigenvalue weighted by Gasteiger charge is -2.36. The second kappa shape index (κ2) is 7.13. The van der Waals surface area contributed by atoms with Gasteiger partial charge in [-0.15, -0.1) is 0 Å². The van der Waals surface area contributed by atoms with E-state index in [9.17, 15) is 14.9 Å². The summed E-state index contributed by atoms with van der Waals surface area (Å²) in [6.07, 6.45) is 5.65. The Morgan fingerprint density at radius 3 is 2.04 bits per heavy atom. The van der Waals surface area contributed by atoms with E-state index < -0.39 is 5.54 Å². The van der Waals surface area contributed by atoms with Crippen LogP contribution in [-0.2, 0) is 14.3 Å². The van der Waals surface area contributed by atoms with E-state index in [0.717, 1.165) is 38.5 Å². The third-order valence-corrected chi connectivity index (χ3v) is 5.66. The monoisotopic (exact) mass is 334 g/mol.